The van der Waals surface area contributed by atoms with Crippen LogP contribution in [0.4, 0.5) is 18.9 Å². The smallest absolute Gasteiger partial charge is 0.365 e. The number of nitrogens with two attached hydrogens (primary N) is 1. The summed E-state index contributed by atoms with van der Waals surface area (Å²) in [6, 6.07) is 13.0. The number of thiophene rings is 2. The van der Waals surface area contributed by atoms with Gasteiger partial charge >= 0.3 is 6.18 Å². The van der Waals surface area contributed by atoms with Crippen LogP contribution in [0.3, 0.4) is 0 Å². The van der Waals surface area contributed by atoms with E-state index < -0.39 is 23.7 Å². The highest BCUT2D eigenvalue weighted by molar-refractivity contribution is 7.21. The number of halogens is 3. The van der Waals surface area contributed by atoms with Gasteiger partial charge in [-0.1, -0.05) is 35.9 Å². The Morgan fingerprint density at radius 2 is 1.86 bits per heavy atom. The van der Waals surface area contributed by atoms with Crippen LogP contribution in [0, 0.1) is 6.92 Å². The molecule has 0 saturated heterocycles. The topological polar surface area (TPSA) is 114 Å². The Balaban J connectivity index is 1.67. The number of H-pyrrole nitrogens is 1. The Morgan fingerprint density at radius 1 is 1.11 bits per heavy atom. The lowest BCUT2D eigenvalue weighted by Gasteiger charge is -2.12. The molecule has 7 nitrogen and oxygen atoms in total. The fourth-order valence-electron chi connectivity index (χ4n) is 3.67. The van der Waals surface area contributed by atoms with Crippen LogP contribution in [0.2, 0.25) is 0 Å². The molecule has 0 aliphatic carbocycles. The van der Waals surface area contributed by atoms with Gasteiger partial charge in [-0.2, -0.15) is 18.3 Å². The average molecular weight is 528 g/mol. The summed E-state index contributed by atoms with van der Waals surface area (Å²) in [4.78, 5) is 29.8. The van der Waals surface area contributed by atoms with E-state index in [0.717, 1.165) is 16.5 Å². The van der Waals surface area contributed by atoms with Gasteiger partial charge in [0.1, 0.15) is 15.4 Å². The second kappa shape index (κ2) is 8.88. The number of fused-ring (bicyclic) bond motifs is 1. The molecule has 0 spiro atoms. The van der Waals surface area contributed by atoms with Crippen molar-refractivity contribution >= 4 is 50.4 Å². The van der Waals surface area contributed by atoms with Crippen LogP contribution in [0.1, 0.15) is 31.4 Å². The summed E-state index contributed by atoms with van der Waals surface area (Å²) in [6.45, 7) is 1.85. The third-order valence-corrected chi connectivity index (χ3v) is 7.38. The summed E-state index contributed by atoms with van der Waals surface area (Å²) in [6.07, 6.45) is -4.72. The number of aromatic nitrogens is 3. The third-order valence-electron chi connectivity index (χ3n) is 5.37. The number of nitrogens with zero attached hydrogens (tertiary/aromatic N) is 2. The number of alkyl halides is 3. The maximum absolute atomic E-state index is 13.7. The second-order valence-corrected chi connectivity index (χ2v) is 9.81. The molecule has 4 heterocycles. The van der Waals surface area contributed by atoms with E-state index >= 15 is 0 Å². The number of aromatic amines is 1. The number of pyridine rings is 1. The van der Waals surface area contributed by atoms with E-state index in [-0.39, 0.29) is 32.0 Å². The Bertz CT molecular complexity index is 1600. The molecule has 0 radical (unpaired) electrons. The summed E-state index contributed by atoms with van der Waals surface area (Å²) < 4.78 is 41.0. The lowest BCUT2D eigenvalue weighted by molar-refractivity contribution is -0.140. The standard InChI is InChI=1S/C24H16F3N5O2S2/c1-11-4-6-12(7-5-11)13-9-17(24(25,26)27)29-23-18(13)19(20(36-23)21(28)33)30-22(34)15-10-14(31-32-15)16-3-2-8-35-16/h2-10H,1H3,(H2,28,33)(H,30,34)(H,31,32). The van der Waals surface area contributed by atoms with Crippen LogP contribution >= 0.6 is 22.7 Å². The Kier molecular flexibility index (Phi) is 5.85. The zero-order valence-corrected chi connectivity index (χ0v) is 20.1. The van der Waals surface area contributed by atoms with Gasteiger partial charge in [0.2, 0.25) is 0 Å². The van der Waals surface area contributed by atoms with Crippen molar-refractivity contribution in [3.8, 4) is 21.7 Å². The first-order valence-electron chi connectivity index (χ1n) is 10.4. The Labute approximate surface area is 209 Å². The van der Waals surface area contributed by atoms with Gasteiger partial charge in [-0.3, -0.25) is 14.7 Å². The molecule has 4 N–H and O–H groups in total. The Morgan fingerprint density at radius 3 is 2.50 bits per heavy atom. The SMILES string of the molecule is Cc1ccc(-c2cc(C(F)(F)F)nc3sc(C(N)=O)c(NC(=O)c4cc(-c5cccs5)[nH]n4)c23)cc1. The average Bonchev–Trinajstić information content (AvgIpc) is 3.58. The number of carbonyl (C=O) groups excluding carboxylic acids is 2. The van der Waals surface area contributed by atoms with Crippen molar-refractivity contribution in [1.82, 2.24) is 15.2 Å². The van der Waals surface area contributed by atoms with Gasteiger partial charge in [-0.15, -0.1) is 22.7 Å². The lowest BCUT2D eigenvalue weighted by Crippen LogP contribution is -2.17. The number of hydrogen-bond acceptors (Lipinski definition) is 6. The summed E-state index contributed by atoms with van der Waals surface area (Å²) in [5, 5.41) is 11.5. The van der Waals surface area contributed by atoms with Gasteiger partial charge in [0.25, 0.3) is 11.8 Å². The molecule has 182 valence electrons. The predicted octanol–water partition coefficient (Wildman–Crippen LogP) is 6.09. The van der Waals surface area contributed by atoms with Gasteiger partial charge in [0.05, 0.1) is 16.3 Å². The quantitative estimate of drug-likeness (QED) is 0.257. The highest BCUT2D eigenvalue weighted by Crippen LogP contribution is 2.43. The fraction of sp³-hybridized carbons (Fsp3) is 0.0833. The molecule has 36 heavy (non-hydrogen) atoms. The Hall–Kier alpha value is -4.03. The molecule has 0 atom stereocenters. The third kappa shape index (κ3) is 4.36. The summed E-state index contributed by atoms with van der Waals surface area (Å²) in [5.41, 5.74) is 6.61. The molecule has 5 rings (SSSR count). The predicted molar refractivity (Wildman–Crippen MR) is 133 cm³/mol. The minimum Gasteiger partial charge on any atom is -0.365 e. The molecule has 0 bridgehead atoms. The van der Waals surface area contributed by atoms with Crippen LogP contribution in [0.15, 0.2) is 53.9 Å². The molecule has 12 heteroatoms. The van der Waals surface area contributed by atoms with Crippen molar-refractivity contribution in [2.24, 2.45) is 5.73 Å². The largest absolute Gasteiger partial charge is 0.433 e. The fourth-order valence-corrected chi connectivity index (χ4v) is 5.37. The van der Waals surface area contributed by atoms with Gasteiger partial charge in [0.15, 0.2) is 5.69 Å². The summed E-state index contributed by atoms with van der Waals surface area (Å²) >= 11 is 2.14. The van der Waals surface area contributed by atoms with Gasteiger partial charge in [-0.25, -0.2) is 4.98 Å². The molecule has 0 fully saturated rings. The molecule has 2 amide bonds. The van der Waals surface area contributed by atoms with E-state index in [0.29, 0.717) is 22.6 Å². The molecule has 0 unspecified atom stereocenters. The number of primary amides is 1. The first kappa shape index (κ1) is 23.7. The van der Waals surface area contributed by atoms with E-state index in [4.69, 9.17) is 5.73 Å². The highest BCUT2D eigenvalue weighted by atomic mass is 32.1. The van der Waals surface area contributed by atoms with Crippen molar-refractivity contribution in [1.29, 1.82) is 0 Å². The van der Waals surface area contributed by atoms with Crippen molar-refractivity contribution in [2.75, 3.05) is 5.32 Å². The van der Waals surface area contributed by atoms with Crippen molar-refractivity contribution in [3.63, 3.8) is 0 Å². The van der Waals surface area contributed by atoms with Gasteiger partial charge in [-0.05, 0) is 41.6 Å². The first-order valence-corrected chi connectivity index (χ1v) is 12.1. The number of nitrogens with one attached hydrogen (secondary N) is 2. The maximum Gasteiger partial charge on any atom is 0.433 e. The molecule has 1 aromatic carbocycles. The first-order chi connectivity index (χ1) is 17.1. The molecule has 5 aromatic rings. The maximum atomic E-state index is 13.7. The van der Waals surface area contributed by atoms with E-state index in [1.165, 1.54) is 11.3 Å². The number of hydrogen-bond donors (Lipinski definition) is 3. The van der Waals surface area contributed by atoms with Crippen LogP contribution in [0.5, 0.6) is 0 Å². The van der Waals surface area contributed by atoms with E-state index in [9.17, 15) is 22.8 Å². The monoisotopic (exact) mass is 527 g/mol. The lowest BCUT2D eigenvalue weighted by atomic mass is 10.00. The zero-order chi connectivity index (χ0) is 25.6. The van der Waals surface area contributed by atoms with Crippen molar-refractivity contribution < 1.29 is 22.8 Å². The van der Waals surface area contributed by atoms with E-state index in [1.807, 2.05) is 24.4 Å². The summed E-state index contributed by atoms with van der Waals surface area (Å²) in [5.74, 6) is -1.57. The van der Waals surface area contributed by atoms with Gasteiger partial charge < -0.3 is 11.1 Å². The number of rotatable bonds is 5. The molecule has 0 aliphatic rings. The molecular formula is C24H16F3N5O2S2. The number of amides is 2. The summed E-state index contributed by atoms with van der Waals surface area (Å²) in [7, 11) is 0. The molecule has 4 aromatic heterocycles. The molecule has 0 aliphatic heterocycles. The van der Waals surface area contributed by atoms with Crippen LogP contribution in [-0.2, 0) is 6.18 Å². The van der Waals surface area contributed by atoms with Gasteiger partial charge in [0, 0.05) is 5.39 Å². The van der Waals surface area contributed by atoms with Crippen LogP contribution in [0.25, 0.3) is 31.9 Å². The van der Waals surface area contributed by atoms with Crippen LogP contribution < -0.4 is 11.1 Å². The number of benzene rings is 1. The normalized spacial score (nSPS) is 11.7. The van der Waals surface area contributed by atoms with Crippen LogP contribution in [-0.4, -0.2) is 27.0 Å². The highest BCUT2D eigenvalue weighted by Gasteiger charge is 2.35. The minimum absolute atomic E-state index is 0.00928. The minimum atomic E-state index is -4.72. The number of aryl methyl sites for hydroxylation is 1. The van der Waals surface area contributed by atoms with Crippen molar-refractivity contribution in [3.05, 3.63) is 75.7 Å². The van der Waals surface area contributed by atoms with E-state index in [1.54, 1.807) is 30.3 Å². The zero-order valence-electron chi connectivity index (χ0n) is 18.4. The number of carbonyl (C=O) groups is 2. The second-order valence-electron chi connectivity index (χ2n) is 7.87. The van der Waals surface area contributed by atoms with E-state index in [2.05, 4.69) is 20.5 Å². The van der Waals surface area contributed by atoms with Crippen molar-refractivity contribution in [2.45, 2.75) is 13.1 Å². The molecule has 0 saturated carbocycles. The number of anilines is 1. The molecular weight excluding hydrogens is 511 g/mol.